The second kappa shape index (κ2) is 9.24. The minimum absolute atomic E-state index is 0.677. The number of aromatic nitrogens is 2. The molecule has 0 N–H and O–H groups in total. The second-order valence-electron chi connectivity index (χ2n) is 9.77. The van der Waals surface area contributed by atoms with Crippen molar-refractivity contribution in [2.75, 3.05) is 44.2 Å². The third-order valence-electron chi connectivity index (χ3n) is 7.55. The number of nitrogens with zero attached hydrogens (tertiary/aromatic N) is 5. The lowest BCUT2D eigenvalue weighted by molar-refractivity contribution is 0.0965. The maximum atomic E-state index is 5.11. The minimum atomic E-state index is 0.677. The van der Waals surface area contributed by atoms with E-state index in [4.69, 9.17) is 4.98 Å². The van der Waals surface area contributed by atoms with Crippen molar-refractivity contribution in [3.63, 3.8) is 0 Å². The van der Waals surface area contributed by atoms with Gasteiger partial charge in [-0.3, -0.25) is 4.90 Å². The number of para-hydroxylation sites is 1. The average molecular weight is 432 g/mol. The summed E-state index contributed by atoms with van der Waals surface area (Å²) in [5, 5.41) is 1.27. The second-order valence-corrected chi connectivity index (χ2v) is 9.77. The Balaban J connectivity index is 1.28. The summed E-state index contributed by atoms with van der Waals surface area (Å²) in [4.78, 5) is 13.0. The lowest BCUT2D eigenvalue weighted by Crippen LogP contribution is -2.47. The molecule has 2 aliphatic heterocycles. The molecule has 0 unspecified atom stereocenters. The Labute approximate surface area is 192 Å². The Morgan fingerprint density at radius 1 is 0.875 bits per heavy atom. The molecule has 2 aromatic heterocycles. The Morgan fingerprint density at radius 3 is 2.47 bits per heavy atom. The predicted molar refractivity (Wildman–Crippen MR) is 134 cm³/mol. The van der Waals surface area contributed by atoms with Crippen LogP contribution in [-0.4, -0.2) is 70.7 Å². The Hall–Kier alpha value is -2.37. The molecule has 5 heteroatoms. The number of hydrogen-bond acceptors (Lipinski definition) is 4. The van der Waals surface area contributed by atoms with E-state index in [2.05, 4.69) is 88.7 Å². The van der Waals surface area contributed by atoms with Crippen molar-refractivity contribution in [2.45, 2.75) is 45.2 Å². The summed E-state index contributed by atoms with van der Waals surface area (Å²) in [5.41, 5.74) is 3.49. The highest BCUT2D eigenvalue weighted by atomic mass is 15.3. The van der Waals surface area contributed by atoms with Crippen molar-refractivity contribution in [2.24, 2.45) is 7.05 Å². The maximum Gasteiger partial charge on any atom is 0.129 e. The molecule has 2 aliphatic rings. The van der Waals surface area contributed by atoms with Crippen LogP contribution in [-0.2, 0) is 7.05 Å². The molecule has 1 aromatic carbocycles. The van der Waals surface area contributed by atoms with E-state index >= 15 is 0 Å². The zero-order valence-electron chi connectivity index (χ0n) is 19.9. The standard InChI is InChI=1S/C27H37N5/c1-21(2)30-16-12-23(13-17-30)31-14-7-15-32(19-18-31)27-11-6-9-24(28-27)26-20-22-8-4-5-10-25(22)29(26)3/h4-6,8-11,20-21,23H,7,12-19H2,1-3H3. The molecule has 0 atom stereocenters. The largest absolute Gasteiger partial charge is 0.355 e. The molecule has 0 radical (unpaired) electrons. The van der Waals surface area contributed by atoms with Gasteiger partial charge in [0.15, 0.2) is 0 Å². The number of pyridine rings is 1. The Bertz CT molecular complexity index is 1050. The highest BCUT2D eigenvalue weighted by molar-refractivity contribution is 5.86. The van der Waals surface area contributed by atoms with Gasteiger partial charge < -0.3 is 14.4 Å². The molecule has 2 saturated heterocycles. The number of hydrogen-bond donors (Lipinski definition) is 0. The van der Waals surface area contributed by atoms with Crippen molar-refractivity contribution in [3.05, 3.63) is 48.5 Å². The van der Waals surface area contributed by atoms with Crippen LogP contribution in [0.1, 0.15) is 33.1 Å². The summed E-state index contributed by atoms with van der Waals surface area (Å²) in [6.45, 7) is 11.7. The van der Waals surface area contributed by atoms with Crippen LogP contribution in [0.3, 0.4) is 0 Å². The first-order valence-electron chi connectivity index (χ1n) is 12.3. The quantitative estimate of drug-likeness (QED) is 0.602. The number of anilines is 1. The van der Waals surface area contributed by atoms with Crippen LogP contribution < -0.4 is 4.90 Å². The van der Waals surface area contributed by atoms with E-state index in [0.717, 1.165) is 37.2 Å². The van der Waals surface area contributed by atoms with Gasteiger partial charge in [-0.25, -0.2) is 4.98 Å². The molecule has 0 spiro atoms. The molecule has 0 bridgehead atoms. The first-order chi connectivity index (χ1) is 15.6. The van der Waals surface area contributed by atoms with Crippen molar-refractivity contribution in [1.82, 2.24) is 19.4 Å². The average Bonchev–Trinajstić information content (AvgIpc) is 2.99. The Morgan fingerprint density at radius 2 is 1.69 bits per heavy atom. The van der Waals surface area contributed by atoms with Crippen molar-refractivity contribution in [1.29, 1.82) is 0 Å². The molecule has 0 aliphatic carbocycles. The molecule has 0 saturated carbocycles. The SMILES string of the molecule is CC(C)N1CCC(N2CCCN(c3cccc(-c4cc5ccccc5n4C)n3)CC2)CC1. The topological polar surface area (TPSA) is 27.5 Å². The van der Waals surface area contributed by atoms with Gasteiger partial charge in [0.05, 0.1) is 11.4 Å². The normalized spacial score (nSPS) is 19.7. The molecule has 2 fully saturated rings. The van der Waals surface area contributed by atoms with E-state index < -0.39 is 0 Å². The molecule has 32 heavy (non-hydrogen) atoms. The minimum Gasteiger partial charge on any atom is -0.355 e. The van der Waals surface area contributed by atoms with E-state index in [1.54, 1.807) is 0 Å². The number of rotatable bonds is 4. The van der Waals surface area contributed by atoms with Gasteiger partial charge >= 0.3 is 0 Å². The number of fused-ring (bicyclic) bond motifs is 1. The summed E-state index contributed by atoms with van der Waals surface area (Å²) in [6, 6.07) is 18.7. The van der Waals surface area contributed by atoms with Gasteiger partial charge in [-0.15, -0.1) is 0 Å². The smallest absolute Gasteiger partial charge is 0.129 e. The molecule has 0 amide bonds. The van der Waals surface area contributed by atoms with Crippen LogP contribution in [0.15, 0.2) is 48.5 Å². The fourth-order valence-corrected chi connectivity index (χ4v) is 5.58. The summed E-state index contributed by atoms with van der Waals surface area (Å²) < 4.78 is 2.26. The molecular weight excluding hydrogens is 394 g/mol. The van der Waals surface area contributed by atoms with Gasteiger partial charge in [-0.05, 0) is 70.5 Å². The number of benzene rings is 1. The van der Waals surface area contributed by atoms with Gasteiger partial charge in [-0.2, -0.15) is 0 Å². The van der Waals surface area contributed by atoms with E-state index in [1.807, 2.05) is 0 Å². The van der Waals surface area contributed by atoms with Crippen LogP contribution in [0.4, 0.5) is 5.82 Å². The zero-order valence-corrected chi connectivity index (χ0v) is 19.9. The number of piperidine rings is 1. The number of likely N-dealkylation sites (tertiary alicyclic amines) is 1. The Kier molecular flexibility index (Phi) is 6.20. The van der Waals surface area contributed by atoms with Gasteiger partial charge in [0.1, 0.15) is 5.82 Å². The maximum absolute atomic E-state index is 5.11. The van der Waals surface area contributed by atoms with Crippen LogP contribution in [0.5, 0.6) is 0 Å². The molecule has 5 nitrogen and oxygen atoms in total. The lowest BCUT2D eigenvalue weighted by Gasteiger charge is -2.39. The molecule has 4 heterocycles. The summed E-state index contributed by atoms with van der Waals surface area (Å²) in [5.74, 6) is 1.12. The van der Waals surface area contributed by atoms with Crippen LogP contribution in [0, 0.1) is 0 Å². The van der Waals surface area contributed by atoms with E-state index in [1.165, 1.54) is 55.5 Å². The highest BCUT2D eigenvalue weighted by Gasteiger charge is 2.27. The molecule has 3 aromatic rings. The monoisotopic (exact) mass is 431 g/mol. The van der Waals surface area contributed by atoms with Crippen molar-refractivity contribution < 1.29 is 0 Å². The summed E-state index contributed by atoms with van der Waals surface area (Å²) >= 11 is 0. The van der Waals surface area contributed by atoms with Crippen molar-refractivity contribution >= 4 is 16.7 Å². The fraction of sp³-hybridized carbons (Fsp3) is 0.519. The summed E-state index contributed by atoms with van der Waals surface area (Å²) in [6.07, 6.45) is 3.84. The van der Waals surface area contributed by atoms with Gasteiger partial charge in [0.2, 0.25) is 0 Å². The predicted octanol–water partition coefficient (Wildman–Crippen LogP) is 4.63. The van der Waals surface area contributed by atoms with Gasteiger partial charge in [-0.1, -0.05) is 24.3 Å². The summed E-state index contributed by atoms with van der Waals surface area (Å²) in [7, 11) is 2.14. The van der Waals surface area contributed by atoms with Gasteiger partial charge in [0.25, 0.3) is 0 Å². The third-order valence-corrected chi connectivity index (χ3v) is 7.55. The first kappa shape index (κ1) is 21.5. The fourth-order valence-electron chi connectivity index (χ4n) is 5.58. The number of aryl methyl sites for hydroxylation is 1. The van der Waals surface area contributed by atoms with E-state index in [0.29, 0.717) is 6.04 Å². The van der Waals surface area contributed by atoms with E-state index in [-0.39, 0.29) is 0 Å². The third kappa shape index (κ3) is 4.28. The zero-order chi connectivity index (χ0) is 22.1. The van der Waals surface area contributed by atoms with Crippen molar-refractivity contribution in [3.8, 4) is 11.4 Å². The first-order valence-corrected chi connectivity index (χ1v) is 12.3. The van der Waals surface area contributed by atoms with Crippen LogP contribution in [0.25, 0.3) is 22.3 Å². The van der Waals surface area contributed by atoms with Crippen LogP contribution >= 0.6 is 0 Å². The molecule has 5 rings (SSSR count). The van der Waals surface area contributed by atoms with Crippen LogP contribution in [0.2, 0.25) is 0 Å². The highest BCUT2D eigenvalue weighted by Crippen LogP contribution is 2.28. The molecular formula is C27H37N5. The van der Waals surface area contributed by atoms with E-state index in [9.17, 15) is 0 Å². The molecule has 170 valence electrons. The van der Waals surface area contributed by atoms with Gasteiger partial charge in [0, 0.05) is 56.2 Å². The lowest BCUT2D eigenvalue weighted by atomic mass is 10.0.